The predicted octanol–water partition coefficient (Wildman–Crippen LogP) is 4.26. The van der Waals surface area contributed by atoms with Crippen molar-refractivity contribution in [1.29, 1.82) is 0 Å². The summed E-state index contributed by atoms with van der Waals surface area (Å²) in [5.41, 5.74) is 8.32. The largest absolute Gasteiger partial charge is 0.490 e. The predicted molar refractivity (Wildman–Crippen MR) is 95.8 cm³/mol. The van der Waals surface area contributed by atoms with Crippen molar-refractivity contribution in [2.75, 3.05) is 12.3 Å². The zero-order valence-corrected chi connectivity index (χ0v) is 14.7. The summed E-state index contributed by atoms with van der Waals surface area (Å²) in [4.78, 5) is 0. The molecule has 2 N–H and O–H groups in total. The fourth-order valence-corrected chi connectivity index (χ4v) is 2.55. The summed E-state index contributed by atoms with van der Waals surface area (Å²) in [5, 5.41) is 7.91. The number of nitrogens with zero attached hydrogens (tertiary/aromatic N) is 2. The van der Waals surface area contributed by atoms with E-state index in [9.17, 15) is 0 Å². The highest BCUT2D eigenvalue weighted by atomic mass is 35.5. The second-order valence-electron chi connectivity index (χ2n) is 5.44. The second-order valence-corrected chi connectivity index (χ2v) is 5.85. The van der Waals surface area contributed by atoms with Crippen molar-refractivity contribution in [1.82, 2.24) is 10.2 Å². The van der Waals surface area contributed by atoms with Crippen LogP contribution in [-0.4, -0.2) is 16.8 Å². The van der Waals surface area contributed by atoms with Gasteiger partial charge in [-0.1, -0.05) is 46.5 Å². The van der Waals surface area contributed by atoms with Crippen LogP contribution >= 0.6 is 11.6 Å². The Labute approximate surface area is 150 Å². The summed E-state index contributed by atoms with van der Waals surface area (Å²) in [5.74, 6) is 1.25. The third-order valence-electron chi connectivity index (χ3n) is 3.50. The maximum atomic E-state index is 6.39. The lowest BCUT2D eigenvalue weighted by molar-refractivity contribution is 0.269. The molecule has 3 rings (SSSR count). The molecule has 0 aliphatic heterocycles. The van der Waals surface area contributed by atoms with E-state index in [1.807, 2.05) is 38.1 Å². The normalized spacial score (nSPS) is 10.7. The van der Waals surface area contributed by atoms with Crippen molar-refractivity contribution < 1.29 is 13.9 Å². The molecular formula is C18H18ClN3O3. The van der Waals surface area contributed by atoms with E-state index in [-0.39, 0.29) is 11.9 Å². The van der Waals surface area contributed by atoms with Gasteiger partial charge in [-0.25, -0.2) is 0 Å². The smallest absolute Gasteiger partial charge is 0.313 e. The first-order valence-corrected chi connectivity index (χ1v) is 8.18. The van der Waals surface area contributed by atoms with E-state index in [0.29, 0.717) is 35.3 Å². The van der Waals surface area contributed by atoms with Gasteiger partial charge in [0.15, 0.2) is 11.5 Å². The summed E-state index contributed by atoms with van der Waals surface area (Å²) < 4.78 is 16.8. The minimum Gasteiger partial charge on any atom is -0.490 e. The Bertz CT molecular complexity index is 863. The van der Waals surface area contributed by atoms with Crippen LogP contribution in [0.4, 0.5) is 6.01 Å². The van der Waals surface area contributed by atoms with E-state index >= 15 is 0 Å². The maximum absolute atomic E-state index is 6.39. The van der Waals surface area contributed by atoms with Crippen molar-refractivity contribution in [2.24, 2.45) is 0 Å². The number of aromatic nitrogens is 2. The van der Waals surface area contributed by atoms with Crippen molar-refractivity contribution in [3.63, 3.8) is 0 Å². The molecule has 0 amide bonds. The van der Waals surface area contributed by atoms with E-state index in [0.717, 1.165) is 5.56 Å². The fourth-order valence-electron chi connectivity index (χ4n) is 2.29. The average Bonchev–Trinajstić information content (AvgIpc) is 3.02. The van der Waals surface area contributed by atoms with Crippen molar-refractivity contribution >= 4 is 17.6 Å². The molecule has 0 fully saturated rings. The Balaban J connectivity index is 1.88. The monoisotopic (exact) mass is 359 g/mol. The topological polar surface area (TPSA) is 83.4 Å². The zero-order chi connectivity index (χ0) is 17.8. The highest BCUT2D eigenvalue weighted by molar-refractivity contribution is 6.32. The molecule has 0 unspecified atom stereocenters. The number of benzene rings is 2. The van der Waals surface area contributed by atoms with Crippen molar-refractivity contribution in [3.8, 4) is 23.0 Å². The number of anilines is 1. The molecule has 1 heterocycles. The van der Waals surface area contributed by atoms with Gasteiger partial charge in [0.2, 0.25) is 5.89 Å². The van der Waals surface area contributed by atoms with Gasteiger partial charge in [0.1, 0.15) is 6.61 Å². The number of aryl methyl sites for hydroxylation is 1. The highest BCUT2D eigenvalue weighted by Crippen LogP contribution is 2.40. The van der Waals surface area contributed by atoms with Crippen molar-refractivity contribution in [2.45, 2.75) is 20.5 Å². The quantitative estimate of drug-likeness (QED) is 0.708. The molecule has 2 aromatic carbocycles. The van der Waals surface area contributed by atoms with Gasteiger partial charge in [-0.2, -0.15) is 0 Å². The molecule has 0 radical (unpaired) electrons. The number of nitrogen functional groups attached to an aromatic ring is 1. The minimum absolute atomic E-state index is 0.0104. The third-order valence-corrected chi connectivity index (χ3v) is 3.78. The first-order valence-electron chi connectivity index (χ1n) is 7.81. The summed E-state index contributed by atoms with van der Waals surface area (Å²) in [7, 11) is 0. The number of halogens is 1. The molecule has 0 aliphatic rings. The summed E-state index contributed by atoms with van der Waals surface area (Å²) in [6.45, 7) is 4.77. The summed E-state index contributed by atoms with van der Waals surface area (Å²) >= 11 is 6.39. The number of hydrogen-bond acceptors (Lipinski definition) is 6. The number of nitrogens with two attached hydrogens (primary N) is 1. The molecule has 0 spiro atoms. The molecule has 3 aromatic rings. The number of ether oxygens (including phenoxy) is 2. The Morgan fingerprint density at radius 2 is 1.88 bits per heavy atom. The molecule has 130 valence electrons. The second kappa shape index (κ2) is 7.44. The van der Waals surface area contributed by atoms with Gasteiger partial charge >= 0.3 is 6.01 Å². The van der Waals surface area contributed by atoms with Crippen LogP contribution in [0.5, 0.6) is 11.5 Å². The molecule has 7 heteroatoms. The third kappa shape index (κ3) is 4.03. The van der Waals surface area contributed by atoms with Crippen LogP contribution in [0.25, 0.3) is 11.5 Å². The SMILES string of the molecule is CCOc1cc(-c2nnc(N)o2)cc(Cl)c1OCc1ccc(C)cc1. The van der Waals surface area contributed by atoms with Crippen LogP contribution in [0.3, 0.4) is 0 Å². The Morgan fingerprint density at radius 3 is 2.52 bits per heavy atom. The summed E-state index contributed by atoms with van der Waals surface area (Å²) in [6, 6.07) is 11.5. The highest BCUT2D eigenvalue weighted by Gasteiger charge is 2.16. The lowest BCUT2D eigenvalue weighted by Gasteiger charge is -2.14. The minimum atomic E-state index is -0.0104. The molecule has 1 aromatic heterocycles. The standard InChI is InChI=1S/C18H18ClN3O3/c1-3-23-15-9-13(17-21-22-18(20)25-17)8-14(19)16(15)24-10-12-6-4-11(2)5-7-12/h4-9H,3,10H2,1-2H3,(H2,20,22). The Morgan fingerprint density at radius 1 is 1.12 bits per heavy atom. The molecule has 0 bridgehead atoms. The van der Waals surface area contributed by atoms with E-state index in [4.69, 9.17) is 31.2 Å². The van der Waals surface area contributed by atoms with E-state index in [2.05, 4.69) is 10.2 Å². The zero-order valence-electron chi connectivity index (χ0n) is 14.0. The summed E-state index contributed by atoms with van der Waals surface area (Å²) in [6.07, 6.45) is 0. The maximum Gasteiger partial charge on any atom is 0.313 e. The van der Waals surface area contributed by atoms with E-state index in [1.165, 1.54) is 5.56 Å². The molecular weight excluding hydrogens is 342 g/mol. The molecule has 6 nitrogen and oxygen atoms in total. The number of hydrogen-bond donors (Lipinski definition) is 1. The van der Waals surface area contributed by atoms with Crippen LogP contribution in [0.1, 0.15) is 18.1 Å². The van der Waals surface area contributed by atoms with Crippen LogP contribution in [-0.2, 0) is 6.61 Å². The Kier molecular flexibility index (Phi) is 5.09. The lowest BCUT2D eigenvalue weighted by atomic mass is 10.1. The van der Waals surface area contributed by atoms with Gasteiger partial charge < -0.3 is 19.6 Å². The van der Waals surface area contributed by atoms with Gasteiger partial charge in [-0.15, -0.1) is 5.10 Å². The molecule has 0 saturated heterocycles. The Hall–Kier alpha value is -2.73. The van der Waals surface area contributed by atoms with Crippen LogP contribution in [0, 0.1) is 6.92 Å². The van der Waals surface area contributed by atoms with Gasteiger partial charge in [0.25, 0.3) is 0 Å². The van der Waals surface area contributed by atoms with Crippen LogP contribution < -0.4 is 15.2 Å². The fraction of sp³-hybridized carbons (Fsp3) is 0.222. The molecule has 0 atom stereocenters. The molecule has 25 heavy (non-hydrogen) atoms. The molecule has 0 aliphatic carbocycles. The van der Waals surface area contributed by atoms with Crippen LogP contribution in [0.15, 0.2) is 40.8 Å². The molecule has 0 saturated carbocycles. The lowest BCUT2D eigenvalue weighted by Crippen LogP contribution is -2.01. The van der Waals surface area contributed by atoms with E-state index in [1.54, 1.807) is 12.1 Å². The first kappa shape index (κ1) is 17.1. The van der Waals surface area contributed by atoms with Gasteiger partial charge in [-0.3, -0.25) is 0 Å². The van der Waals surface area contributed by atoms with E-state index < -0.39 is 0 Å². The van der Waals surface area contributed by atoms with Gasteiger partial charge in [0, 0.05) is 5.56 Å². The number of rotatable bonds is 6. The van der Waals surface area contributed by atoms with Crippen molar-refractivity contribution in [3.05, 3.63) is 52.5 Å². The van der Waals surface area contributed by atoms with Crippen LogP contribution in [0.2, 0.25) is 5.02 Å². The first-order chi connectivity index (χ1) is 12.1. The van der Waals surface area contributed by atoms with Gasteiger partial charge in [-0.05, 0) is 31.5 Å². The average molecular weight is 360 g/mol. The van der Waals surface area contributed by atoms with Gasteiger partial charge in [0.05, 0.1) is 11.6 Å².